The largest absolute Gasteiger partial charge is 0.390 e. The first kappa shape index (κ1) is 17.3. The second-order valence-corrected chi connectivity index (χ2v) is 8.24. The molecule has 3 aromatic rings. The molecule has 0 bridgehead atoms. The highest BCUT2D eigenvalue weighted by Crippen LogP contribution is 2.34. The molecule has 5 heteroatoms. The van der Waals surface area contributed by atoms with E-state index >= 15 is 0 Å². The van der Waals surface area contributed by atoms with Crippen molar-refractivity contribution in [2.45, 2.75) is 19.5 Å². The van der Waals surface area contributed by atoms with Gasteiger partial charge in [-0.1, -0.05) is 41.9 Å². The Morgan fingerprint density at radius 2 is 1.85 bits per heavy atom. The van der Waals surface area contributed by atoms with E-state index in [0.29, 0.717) is 21.2 Å². The molecule has 132 valence electrons. The number of nitrogen functional groups attached to an aromatic ring is 1. The highest BCUT2D eigenvalue weighted by Gasteiger charge is 2.29. The van der Waals surface area contributed by atoms with Gasteiger partial charge >= 0.3 is 0 Å². The van der Waals surface area contributed by atoms with E-state index in [4.69, 9.17) is 17.3 Å². The molecule has 3 nitrogen and oxygen atoms in total. The lowest BCUT2D eigenvalue weighted by Crippen LogP contribution is -3.10. The molecule has 0 spiro atoms. The average Bonchev–Trinajstić information content (AvgIpc) is 2.97. The zero-order chi connectivity index (χ0) is 18.1. The first-order valence-corrected chi connectivity index (χ1v) is 9.89. The molecular weight excluding hydrogens is 364 g/mol. The first-order chi connectivity index (χ1) is 12.6. The highest BCUT2D eigenvalue weighted by atomic mass is 35.5. The molecule has 2 heterocycles. The summed E-state index contributed by atoms with van der Waals surface area (Å²) in [6, 6.07) is 17.6. The molecule has 0 aliphatic carbocycles. The zero-order valence-electron chi connectivity index (χ0n) is 14.3. The van der Waals surface area contributed by atoms with Crippen LogP contribution in [-0.2, 0) is 19.5 Å². The van der Waals surface area contributed by atoms with Gasteiger partial charge in [-0.25, -0.2) is 0 Å². The standard InChI is InChI=1S/C21H19ClN2OS/c22-16-8-6-15(7-9-16)20(25)19-17-10-11-24(13-18(17)26-21(19)23)12-14-4-2-1-3-5-14/h1-9H,10-13,23H2/p+1. The number of hydrogen-bond donors (Lipinski definition) is 2. The van der Waals surface area contributed by atoms with E-state index in [2.05, 4.69) is 24.3 Å². The monoisotopic (exact) mass is 383 g/mol. The molecule has 0 saturated carbocycles. The number of hydrogen-bond acceptors (Lipinski definition) is 3. The maximum Gasteiger partial charge on any atom is 0.196 e. The van der Waals surface area contributed by atoms with Crippen molar-refractivity contribution in [3.05, 3.63) is 86.8 Å². The van der Waals surface area contributed by atoms with Gasteiger partial charge in [0.15, 0.2) is 5.78 Å². The van der Waals surface area contributed by atoms with Gasteiger partial charge in [-0.05, 0) is 29.8 Å². The Morgan fingerprint density at radius 1 is 1.12 bits per heavy atom. The molecule has 0 radical (unpaired) electrons. The molecule has 1 atom stereocenters. The predicted octanol–water partition coefficient (Wildman–Crippen LogP) is 3.36. The summed E-state index contributed by atoms with van der Waals surface area (Å²) in [7, 11) is 0. The summed E-state index contributed by atoms with van der Waals surface area (Å²) in [4.78, 5) is 15.7. The van der Waals surface area contributed by atoms with Gasteiger partial charge in [0.2, 0.25) is 0 Å². The third-order valence-corrected chi connectivity index (χ3v) is 6.20. The summed E-state index contributed by atoms with van der Waals surface area (Å²) in [6.45, 7) is 2.94. The Hall–Kier alpha value is -2.14. The number of rotatable bonds is 4. The van der Waals surface area contributed by atoms with Crippen molar-refractivity contribution in [2.75, 3.05) is 12.3 Å². The molecule has 2 aromatic carbocycles. The third-order valence-electron chi connectivity index (χ3n) is 4.89. The fraction of sp³-hybridized carbons (Fsp3) is 0.190. The van der Waals surface area contributed by atoms with Gasteiger partial charge in [-0.15, -0.1) is 11.3 Å². The number of carbonyl (C=O) groups excluding carboxylic acids is 1. The van der Waals surface area contributed by atoms with Gasteiger partial charge in [0.25, 0.3) is 0 Å². The number of carbonyl (C=O) groups is 1. The molecule has 26 heavy (non-hydrogen) atoms. The second-order valence-electron chi connectivity index (χ2n) is 6.67. The van der Waals surface area contributed by atoms with Gasteiger partial charge < -0.3 is 10.6 Å². The van der Waals surface area contributed by atoms with Gasteiger partial charge in [0.1, 0.15) is 13.1 Å². The Bertz CT molecular complexity index is 935. The molecule has 0 amide bonds. The lowest BCUT2D eigenvalue weighted by Gasteiger charge is -2.24. The number of nitrogens with one attached hydrogen (secondary N) is 1. The van der Waals surface area contributed by atoms with E-state index in [1.807, 2.05) is 6.07 Å². The number of halogens is 1. The maximum atomic E-state index is 13.0. The van der Waals surface area contributed by atoms with Crippen molar-refractivity contribution in [2.24, 2.45) is 0 Å². The number of benzene rings is 2. The Kier molecular flexibility index (Phi) is 4.81. The van der Waals surface area contributed by atoms with E-state index in [-0.39, 0.29) is 5.78 Å². The Labute approximate surface area is 162 Å². The molecule has 0 fully saturated rings. The Balaban J connectivity index is 1.57. The fourth-order valence-corrected chi connectivity index (χ4v) is 4.90. The molecule has 1 aromatic heterocycles. The van der Waals surface area contributed by atoms with Crippen LogP contribution in [0.15, 0.2) is 54.6 Å². The van der Waals surface area contributed by atoms with E-state index in [1.54, 1.807) is 35.6 Å². The number of ketones is 1. The van der Waals surface area contributed by atoms with Gasteiger partial charge in [0.05, 0.1) is 22.0 Å². The normalized spacial score (nSPS) is 16.3. The summed E-state index contributed by atoms with van der Waals surface area (Å²) in [5, 5.41) is 1.26. The van der Waals surface area contributed by atoms with Crippen LogP contribution in [-0.4, -0.2) is 12.3 Å². The first-order valence-electron chi connectivity index (χ1n) is 8.69. The van der Waals surface area contributed by atoms with Gasteiger partial charge in [-0.3, -0.25) is 4.79 Å². The lowest BCUT2D eigenvalue weighted by molar-refractivity contribution is -0.929. The van der Waals surface area contributed by atoms with Crippen LogP contribution in [0.1, 0.15) is 31.9 Å². The molecule has 0 saturated heterocycles. The number of quaternary nitrogens is 1. The summed E-state index contributed by atoms with van der Waals surface area (Å²) in [5.74, 6) is 0.00294. The van der Waals surface area contributed by atoms with Crippen LogP contribution in [0.4, 0.5) is 5.00 Å². The van der Waals surface area contributed by atoms with Crippen molar-refractivity contribution < 1.29 is 9.69 Å². The van der Waals surface area contributed by atoms with E-state index in [0.717, 1.165) is 31.6 Å². The maximum absolute atomic E-state index is 13.0. The van der Waals surface area contributed by atoms with Crippen LogP contribution >= 0.6 is 22.9 Å². The molecular formula is C21H20ClN2OS+. The van der Waals surface area contributed by atoms with Crippen LogP contribution in [0, 0.1) is 0 Å². The second kappa shape index (κ2) is 7.23. The average molecular weight is 384 g/mol. The minimum absolute atomic E-state index is 0.00294. The summed E-state index contributed by atoms with van der Waals surface area (Å²) in [5.41, 5.74) is 10.1. The number of nitrogens with two attached hydrogens (primary N) is 1. The van der Waals surface area contributed by atoms with E-state index < -0.39 is 0 Å². The quantitative estimate of drug-likeness (QED) is 0.679. The van der Waals surface area contributed by atoms with Gasteiger partial charge in [-0.2, -0.15) is 0 Å². The molecule has 1 aliphatic rings. The summed E-state index contributed by atoms with van der Waals surface area (Å²) >= 11 is 7.50. The molecule has 1 unspecified atom stereocenters. The van der Waals surface area contributed by atoms with Crippen LogP contribution in [0.5, 0.6) is 0 Å². The van der Waals surface area contributed by atoms with Crippen LogP contribution in [0.3, 0.4) is 0 Å². The fourth-order valence-electron chi connectivity index (χ4n) is 3.59. The van der Waals surface area contributed by atoms with Crippen molar-refractivity contribution in [3.63, 3.8) is 0 Å². The summed E-state index contributed by atoms with van der Waals surface area (Å²) < 4.78 is 0. The molecule has 4 rings (SSSR count). The smallest absolute Gasteiger partial charge is 0.196 e. The third kappa shape index (κ3) is 3.40. The van der Waals surface area contributed by atoms with Gasteiger partial charge in [0, 0.05) is 22.6 Å². The van der Waals surface area contributed by atoms with Crippen molar-refractivity contribution in [1.29, 1.82) is 0 Å². The SMILES string of the molecule is Nc1sc2c(c1C(=O)c1ccc(Cl)cc1)CC[NH+](Cc1ccccc1)C2. The van der Waals surface area contributed by atoms with Crippen LogP contribution < -0.4 is 10.6 Å². The topological polar surface area (TPSA) is 47.5 Å². The van der Waals surface area contributed by atoms with E-state index in [9.17, 15) is 4.79 Å². The predicted molar refractivity (Wildman–Crippen MR) is 107 cm³/mol. The minimum Gasteiger partial charge on any atom is -0.390 e. The van der Waals surface area contributed by atoms with Crippen LogP contribution in [0.2, 0.25) is 5.02 Å². The number of thiophene rings is 1. The highest BCUT2D eigenvalue weighted by molar-refractivity contribution is 7.16. The number of anilines is 1. The number of fused-ring (bicyclic) bond motifs is 1. The zero-order valence-corrected chi connectivity index (χ0v) is 15.9. The van der Waals surface area contributed by atoms with Crippen molar-refractivity contribution in [3.8, 4) is 0 Å². The molecule has 1 aliphatic heterocycles. The molecule has 3 N–H and O–H groups in total. The Morgan fingerprint density at radius 3 is 2.58 bits per heavy atom. The van der Waals surface area contributed by atoms with Crippen LogP contribution in [0.25, 0.3) is 0 Å². The van der Waals surface area contributed by atoms with Crippen molar-refractivity contribution in [1.82, 2.24) is 0 Å². The van der Waals surface area contributed by atoms with E-state index in [1.165, 1.54) is 15.3 Å². The minimum atomic E-state index is 0.00294. The lowest BCUT2D eigenvalue weighted by atomic mass is 9.96. The summed E-state index contributed by atoms with van der Waals surface area (Å²) in [6.07, 6.45) is 0.889. The van der Waals surface area contributed by atoms with Crippen molar-refractivity contribution >= 4 is 33.7 Å².